The van der Waals surface area contributed by atoms with Gasteiger partial charge in [0.15, 0.2) is 0 Å². The highest BCUT2D eigenvalue weighted by molar-refractivity contribution is 5.76. The van der Waals surface area contributed by atoms with Gasteiger partial charge in [0.25, 0.3) is 0 Å². The van der Waals surface area contributed by atoms with Crippen molar-refractivity contribution in [3.63, 3.8) is 0 Å². The summed E-state index contributed by atoms with van der Waals surface area (Å²) in [5.74, 6) is -0.428. The minimum absolute atomic E-state index is 0.0683. The number of carbonyl (C=O) groups excluding carboxylic acids is 1. The SMILES string of the molecule is Cc1ccc(CNC(=O)CCc2conc2-c2ccccc2F)cc1. The third-order valence-electron chi connectivity index (χ3n) is 4.00. The summed E-state index contributed by atoms with van der Waals surface area (Å²) < 4.78 is 18.9. The van der Waals surface area contributed by atoms with Crippen LogP contribution in [-0.4, -0.2) is 11.1 Å². The Morgan fingerprint density at radius 2 is 1.92 bits per heavy atom. The molecule has 0 atom stereocenters. The standard InChI is InChI=1S/C20H19FN2O2/c1-14-6-8-15(9-7-14)12-22-19(24)11-10-16-13-25-23-20(16)17-4-2-3-5-18(17)21/h2-9,13H,10-12H2,1H3,(H,22,24). The summed E-state index contributed by atoms with van der Waals surface area (Å²) in [6, 6.07) is 14.4. The van der Waals surface area contributed by atoms with Crippen molar-refractivity contribution < 1.29 is 13.7 Å². The highest BCUT2D eigenvalue weighted by Gasteiger charge is 2.15. The first-order valence-electron chi connectivity index (χ1n) is 8.14. The van der Waals surface area contributed by atoms with Gasteiger partial charge in [-0.3, -0.25) is 4.79 Å². The van der Waals surface area contributed by atoms with Gasteiger partial charge in [-0.05, 0) is 31.0 Å². The normalized spacial score (nSPS) is 10.6. The fourth-order valence-electron chi connectivity index (χ4n) is 2.55. The van der Waals surface area contributed by atoms with E-state index in [1.54, 1.807) is 18.2 Å². The Morgan fingerprint density at radius 3 is 2.68 bits per heavy atom. The summed E-state index contributed by atoms with van der Waals surface area (Å²) in [6.45, 7) is 2.51. The highest BCUT2D eigenvalue weighted by atomic mass is 19.1. The molecule has 0 saturated carbocycles. The highest BCUT2D eigenvalue weighted by Crippen LogP contribution is 2.25. The first-order chi connectivity index (χ1) is 12.1. The third kappa shape index (κ3) is 4.32. The van der Waals surface area contributed by atoms with E-state index in [1.807, 2.05) is 31.2 Å². The molecule has 128 valence electrons. The molecule has 1 heterocycles. The second-order valence-electron chi connectivity index (χ2n) is 5.93. The van der Waals surface area contributed by atoms with E-state index >= 15 is 0 Å². The quantitative estimate of drug-likeness (QED) is 0.738. The molecule has 1 N–H and O–H groups in total. The molecule has 2 aromatic carbocycles. The topological polar surface area (TPSA) is 55.1 Å². The van der Waals surface area contributed by atoms with Crippen molar-refractivity contribution in [3.8, 4) is 11.3 Å². The van der Waals surface area contributed by atoms with Crippen molar-refractivity contribution in [2.24, 2.45) is 0 Å². The molecule has 0 saturated heterocycles. The molecule has 4 nitrogen and oxygen atoms in total. The fourth-order valence-corrected chi connectivity index (χ4v) is 2.55. The van der Waals surface area contributed by atoms with Gasteiger partial charge in [0.1, 0.15) is 17.8 Å². The van der Waals surface area contributed by atoms with Gasteiger partial charge in [-0.2, -0.15) is 0 Å². The van der Waals surface area contributed by atoms with Crippen LogP contribution < -0.4 is 5.32 Å². The molecule has 0 unspecified atom stereocenters. The Bertz CT molecular complexity index is 856. The number of nitrogens with one attached hydrogen (secondary N) is 1. The number of carbonyl (C=O) groups is 1. The van der Waals surface area contributed by atoms with E-state index in [-0.39, 0.29) is 18.1 Å². The van der Waals surface area contributed by atoms with E-state index in [9.17, 15) is 9.18 Å². The van der Waals surface area contributed by atoms with Crippen molar-refractivity contribution in [3.05, 3.63) is 77.3 Å². The second kappa shape index (κ2) is 7.75. The van der Waals surface area contributed by atoms with Crippen LogP contribution in [0.25, 0.3) is 11.3 Å². The van der Waals surface area contributed by atoms with Crippen LogP contribution in [0.3, 0.4) is 0 Å². The zero-order valence-corrected chi connectivity index (χ0v) is 14.0. The van der Waals surface area contributed by atoms with Crippen LogP contribution in [0.2, 0.25) is 0 Å². The summed E-state index contributed by atoms with van der Waals surface area (Å²) in [6.07, 6.45) is 2.19. The van der Waals surface area contributed by atoms with Crippen LogP contribution >= 0.6 is 0 Å². The van der Waals surface area contributed by atoms with E-state index in [2.05, 4.69) is 10.5 Å². The molecular weight excluding hydrogens is 319 g/mol. The number of rotatable bonds is 6. The van der Waals surface area contributed by atoms with Gasteiger partial charge in [-0.15, -0.1) is 0 Å². The van der Waals surface area contributed by atoms with Gasteiger partial charge in [0, 0.05) is 24.1 Å². The van der Waals surface area contributed by atoms with E-state index in [1.165, 1.54) is 17.9 Å². The lowest BCUT2D eigenvalue weighted by Gasteiger charge is -2.06. The van der Waals surface area contributed by atoms with Gasteiger partial charge in [-0.25, -0.2) is 4.39 Å². The zero-order chi connectivity index (χ0) is 17.6. The van der Waals surface area contributed by atoms with E-state index < -0.39 is 0 Å². The Labute approximate surface area is 145 Å². The Hall–Kier alpha value is -2.95. The maximum absolute atomic E-state index is 13.9. The average molecular weight is 338 g/mol. The molecule has 0 fully saturated rings. The fraction of sp³-hybridized carbons (Fsp3) is 0.200. The second-order valence-corrected chi connectivity index (χ2v) is 5.93. The Kier molecular flexibility index (Phi) is 5.23. The van der Waals surface area contributed by atoms with Gasteiger partial charge in [0.05, 0.1) is 0 Å². The molecule has 0 radical (unpaired) electrons. The summed E-state index contributed by atoms with van der Waals surface area (Å²) in [4.78, 5) is 12.1. The largest absolute Gasteiger partial charge is 0.364 e. The number of aryl methyl sites for hydroxylation is 2. The van der Waals surface area contributed by atoms with Gasteiger partial charge < -0.3 is 9.84 Å². The van der Waals surface area contributed by atoms with Crippen molar-refractivity contribution in [1.82, 2.24) is 10.5 Å². The monoisotopic (exact) mass is 338 g/mol. The number of aromatic nitrogens is 1. The number of hydrogen-bond acceptors (Lipinski definition) is 3. The van der Waals surface area contributed by atoms with Gasteiger partial charge in [0.2, 0.25) is 5.91 Å². The van der Waals surface area contributed by atoms with Crippen molar-refractivity contribution in [1.29, 1.82) is 0 Å². The molecule has 5 heteroatoms. The predicted octanol–water partition coefficient (Wildman–Crippen LogP) is 4.04. The first-order valence-corrected chi connectivity index (χ1v) is 8.14. The van der Waals surface area contributed by atoms with Crippen LogP contribution in [0, 0.1) is 12.7 Å². The van der Waals surface area contributed by atoms with Crippen molar-refractivity contribution in [2.45, 2.75) is 26.3 Å². The van der Waals surface area contributed by atoms with E-state index in [0.717, 1.165) is 11.1 Å². The molecule has 0 bridgehead atoms. The summed E-state index contributed by atoms with van der Waals surface area (Å²) >= 11 is 0. The number of benzene rings is 2. The molecule has 0 aliphatic carbocycles. The van der Waals surface area contributed by atoms with Crippen molar-refractivity contribution in [2.75, 3.05) is 0 Å². The minimum Gasteiger partial charge on any atom is -0.364 e. The summed E-state index contributed by atoms with van der Waals surface area (Å²) in [5, 5.41) is 6.77. The lowest BCUT2D eigenvalue weighted by molar-refractivity contribution is -0.121. The zero-order valence-electron chi connectivity index (χ0n) is 14.0. The van der Waals surface area contributed by atoms with Crippen LogP contribution in [0.15, 0.2) is 59.3 Å². The van der Waals surface area contributed by atoms with Crippen LogP contribution in [-0.2, 0) is 17.8 Å². The summed E-state index contributed by atoms with van der Waals surface area (Å²) in [7, 11) is 0. The smallest absolute Gasteiger partial charge is 0.220 e. The molecule has 3 aromatic rings. The van der Waals surface area contributed by atoms with Crippen molar-refractivity contribution >= 4 is 5.91 Å². The van der Waals surface area contributed by atoms with Gasteiger partial charge >= 0.3 is 0 Å². The van der Waals surface area contributed by atoms with E-state index in [0.29, 0.717) is 24.2 Å². The third-order valence-corrected chi connectivity index (χ3v) is 4.00. The Balaban J connectivity index is 1.57. The average Bonchev–Trinajstić information content (AvgIpc) is 3.08. The van der Waals surface area contributed by atoms with Crippen LogP contribution in [0.4, 0.5) is 4.39 Å². The molecular formula is C20H19FN2O2. The minimum atomic E-state index is -0.360. The molecule has 3 rings (SSSR count). The predicted molar refractivity (Wildman–Crippen MR) is 93.2 cm³/mol. The maximum Gasteiger partial charge on any atom is 0.220 e. The van der Waals surface area contributed by atoms with Crippen LogP contribution in [0.5, 0.6) is 0 Å². The molecule has 1 amide bonds. The van der Waals surface area contributed by atoms with Gasteiger partial charge in [-0.1, -0.05) is 47.1 Å². The maximum atomic E-state index is 13.9. The molecule has 0 aliphatic rings. The molecule has 1 aromatic heterocycles. The Morgan fingerprint density at radius 1 is 1.16 bits per heavy atom. The molecule has 25 heavy (non-hydrogen) atoms. The van der Waals surface area contributed by atoms with E-state index in [4.69, 9.17) is 4.52 Å². The number of amides is 1. The lowest BCUT2D eigenvalue weighted by atomic mass is 10.0. The first kappa shape index (κ1) is 16.9. The van der Waals surface area contributed by atoms with Crippen LogP contribution in [0.1, 0.15) is 23.1 Å². The molecule has 0 spiro atoms. The number of hydrogen-bond donors (Lipinski definition) is 1. The lowest BCUT2D eigenvalue weighted by Crippen LogP contribution is -2.23. The molecule has 0 aliphatic heterocycles. The summed E-state index contributed by atoms with van der Waals surface area (Å²) in [5.41, 5.74) is 3.78. The number of nitrogens with zero attached hydrogens (tertiary/aromatic N) is 1. The number of halogens is 1.